The normalized spacial score (nSPS) is 10.5. The fraction of sp³-hybridized carbons (Fsp3) is 0.0714. The van der Waals surface area contributed by atoms with E-state index in [2.05, 4.69) is 52.3 Å². The van der Waals surface area contributed by atoms with Crippen LogP contribution in [0.5, 0.6) is 0 Å². The van der Waals surface area contributed by atoms with Crippen LogP contribution in [-0.4, -0.2) is 4.98 Å². The molecule has 2 heterocycles. The van der Waals surface area contributed by atoms with Crippen molar-refractivity contribution in [3.8, 4) is 10.6 Å². The summed E-state index contributed by atoms with van der Waals surface area (Å²) in [6, 6.07) is 12.4. The molecule has 0 aliphatic carbocycles. The van der Waals surface area contributed by atoms with Crippen molar-refractivity contribution in [2.45, 2.75) is 6.92 Å². The van der Waals surface area contributed by atoms with E-state index in [1.54, 1.807) is 22.7 Å². The van der Waals surface area contributed by atoms with E-state index < -0.39 is 0 Å². The first-order valence-electron chi connectivity index (χ1n) is 5.64. The Bertz CT molecular complexity index is 641. The maximum absolute atomic E-state index is 4.60. The smallest absolute Gasteiger partial charge is 0.187 e. The molecule has 0 bridgehead atoms. The predicted molar refractivity (Wildman–Crippen MR) is 79.9 cm³/mol. The van der Waals surface area contributed by atoms with Crippen LogP contribution in [0.25, 0.3) is 10.6 Å². The summed E-state index contributed by atoms with van der Waals surface area (Å²) < 4.78 is 0. The van der Waals surface area contributed by atoms with E-state index in [0.29, 0.717) is 0 Å². The molecular formula is C14H12N2S2. The molecule has 18 heavy (non-hydrogen) atoms. The lowest BCUT2D eigenvalue weighted by atomic mass is 10.2. The van der Waals surface area contributed by atoms with E-state index in [4.69, 9.17) is 0 Å². The minimum atomic E-state index is 0.934. The van der Waals surface area contributed by atoms with Crippen LogP contribution in [0.4, 0.5) is 10.8 Å². The van der Waals surface area contributed by atoms with Crippen molar-refractivity contribution in [1.82, 2.24) is 4.98 Å². The van der Waals surface area contributed by atoms with Gasteiger partial charge in [0.05, 0.1) is 10.6 Å². The molecule has 90 valence electrons. The third-order valence-electron chi connectivity index (χ3n) is 2.55. The number of nitrogens with one attached hydrogen (secondary N) is 1. The van der Waals surface area contributed by atoms with Crippen LogP contribution in [0, 0.1) is 6.92 Å². The lowest BCUT2D eigenvalue weighted by Gasteiger charge is -2.02. The fourth-order valence-corrected chi connectivity index (χ4v) is 3.21. The van der Waals surface area contributed by atoms with Gasteiger partial charge in [0, 0.05) is 11.1 Å². The number of hydrogen-bond acceptors (Lipinski definition) is 4. The van der Waals surface area contributed by atoms with Crippen molar-refractivity contribution in [3.63, 3.8) is 0 Å². The second-order valence-corrected chi connectivity index (χ2v) is 5.82. The highest BCUT2D eigenvalue weighted by molar-refractivity contribution is 7.16. The molecule has 0 saturated carbocycles. The summed E-state index contributed by atoms with van der Waals surface area (Å²) in [5, 5.41) is 8.43. The highest BCUT2D eigenvalue weighted by atomic mass is 32.1. The van der Waals surface area contributed by atoms with Crippen LogP contribution in [-0.2, 0) is 0 Å². The maximum Gasteiger partial charge on any atom is 0.187 e. The Balaban J connectivity index is 1.82. The largest absolute Gasteiger partial charge is 0.332 e. The lowest BCUT2D eigenvalue weighted by Crippen LogP contribution is -1.89. The Kier molecular flexibility index (Phi) is 3.13. The van der Waals surface area contributed by atoms with E-state index in [1.807, 2.05) is 12.1 Å². The van der Waals surface area contributed by atoms with E-state index in [1.165, 1.54) is 10.4 Å². The maximum atomic E-state index is 4.60. The summed E-state index contributed by atoms with van der Waals surface area (Å²) in [6.07, 6.45) is 0. The van der Waals surface area contributed by atoms with Gasteiger partial charge in [-0.3, -0.25) is 0 Å². The van der Waals surface area contributed by atoms with E-state index in [-0.39, 0.29) is 0 Å². The molecular weight excluding hydrogens is 260 g/mol. The Morgan fingerprint density at radius 1 is 1.11 bits per heavy atom. The number of nitrogens with zero attached hydrogens (tertiary/aromatic N) is 1. The molecule has 0 amide bonds. The van der Waals surface area contributed by atoms with Gasteiger partial charge in [0.2, 0.25) is 0 Å². The number of rotatable bonds is 3. The van der Waals surface area contributed by atoms with Crippen LogP contribution < -0.4 is 5.32 Å². The number of aryl methyl sites for hydroxylation is 1. The first-order valence-corrected chi connectivity index (χ1v) is 7.40. The number of benzene rings is 1. The highest BCUT2D eigenvalue weighted by Crippen LogP contribution is 2.29. The summed E-state index contributed by atoms with van der Waals surface area (Å²) in [5.74, 6) is 0. The van der Waals surface area contributed by atoms with Crippen molar-refractivity contribution < 1.29 is 0 Å². The Hall–Kier alpha value is -1.65. The summed E-state index contributed by atoms with van der Waals surface area (Å²) in [4.78, 5) is 5.81. The van der Waals surface area contributed by atoms with Gasteiger partial charge in [0.1, 0.15) is 0 Å². The fourth-order valence-electron chi connectivity index (χ4n) is 1.71. The predicted octanol–water partition coefficient (Wildman–Crippen LogP) is 4.92. The molecule has 3 aromatic rings. The third-order valence-corrected chi connectivity index (χ3v) is 4.20. The van der Waals surface area contributed by atoms with Gasteiger partial charge in [0.25, 0.3) is 0 Å². The van der Waals surface area contributed by atoms with Crippen molar-refractivity contribution in [2.75, 3.05) is 5.32 Å². The van der Waals surface area contributed by atoms with Crippen LogP contribution in [0.2, 0.25) is 0 Å². The van der Waals surface area contributed by atoms with Gasteiger partial charge in [0.15, 0.2) is 5.13 Å². The zero-order valence-corrected chi connectivity index (χ0v) is 11.5. The standard InChI is InChI=1S/C14H12N2S2/c1-10-4-2-5-11(8-10)15-14-16-12(9-18-14)13-6-3-7-17-13/h2-9H,1H3,(H,15,16). The number of anilines is 2. The second kappa shape index (κ2) is 4.92. The molecule has 2 nitrogen and oxygen atoms in total. The topological polar surface area (TPSA) is 24.9 Å². The molecule has 0 fully saturated rings. The van der Waals surface area contributed by atoms with E-state index in [9.17, 15) is 0 Å². The summed E-state index contributed by atoms with van der Waals surface area (Å²) in [7, 11) is 0. The monoisotopic (exact) mass is 272 g/mol. The molecule has 0 radical (unpaired) electrons. The quantitative estimate of drug-likeness (QED) is 0.731. The first-order chi connectivity index (χ1) is 8.81. The molecule has 0 aliphatic heterocycles. The molecule has 0 saturated heterocycles. The van der Waals surface area contributed by atoms with Crippen LogP contribution in [0.3, 0.4) is 0 Å². The Morgan fingerprint density at radius 3 is 2.83 bits per heavy atom. The van der Waals surface area contributed by atoms with Gasteiger partial charge in [-0.2, -0.15) is 0 Å². The minimum absolute atomic E-state index is 0.934. The second-order valence-electron chi connectivity index (χ2n) is 4.01. The molecule has 0 atom stereocenters. The molecule has 0 aliphatic rings. The molecule has 1 aromatic carbocycles. The Morgan fingerprint density at radius 2 is 2.06 bits per heavy atom. The summed E-state index contributed by atoms with van der Waals surface area (Å²) >= 11 is 3.35. The van der Waals surface area contributed by atoms with Crippen molar-refractivity contribution >= 4 is 33.5 Å². The molecule has 3 rings (SSSR count). The average molecular weight is 272 g/mol. The van der Waals surface area contributed by atoms with Gasteiger partial charge in [-0.1, -0.05) is 18.2 Å². The minimum Gasteiger partial charge on any atom is -0.332 e. The van der Waals surface area contributed by atoms with Gasteiger partial charge >= 0.3 is 0 Å². The van der Waals surface area contributed by atoms with Crippen LogP contribution in [0.1, 0.15) is 5.56 Å². The van der Waals surface area contributed by atoms with Crippen LogP contribution in [0.15, 0.2) is 47.2 Å². The van der Waals surface area contributed by atoms with Gasteiger partial charge in [-0.25, -0.2) is 4.98 Å². The number of thiophene rings is 1. The van der Waals surface area contributed by atoms with Gasteiger partial charge < -0.3 is 5.32 Å². The van der Waals surface area contributed by atoms with Gasteiger partial charge in [-0.15, -0.1) is 22.7 Å². The molecule has 4 heteroatoms. The van der Waals surface area contributed by atoms with Crippen molar-refractivity contribution in [2.24, 2.45) is 0 Å². The number of thiazole rings is 1. The van der Waals surface area contributed by atoms with Crippen LogP contribution >= 0.6 is 22.7 Å². The zero-order valence-electron chi connectivity index (χ0n) is 9.88. The summed E-state index contributed by atoms with van der Waals surface area (Å²) in [5.41, 5.74) is 3.38. The summed E-state index contributed by atoms with van der Waals surface area (Å²) in [6.45, 7) is 2.09. The van der Waals surface area contributed by atoms with Crippen molar-refractivity contribution in [3.05, 3.63) is 52.7 Å². The number of hydrogen-bond donors (Lipinski definition) is 1. The third kappa shape index (κ3) is 2.44. The Labute approximate surface area is 114 Å². The average Bonchev–Trinajstić information content (AvgIpc) is 2.98. The SMILES string of the molecule is Cc1cccc(Nc2nc(-c3cccs3)cs2)c1. The molecule has 0 spiro atoms. The zero-order chi connectivity index (χ0) is 12.4. The number of aromatic nitrogens is 1. The molecule has 0 unspecified atom stereocenters. The highest BCUT2D eigenvalue weighted by Gasteiger charge is 2.05. The molecule has 1 N–H and O–H groups in total. The molecule has 2 aromatic heterocycles. The van der Waals surface area contributed by atoms with Gasteiger partial charge in [-0.05, 0) is 36.1 Å². The van der Waals surface area contributed by atoms with E-state index in [0.717, 1.165) is 16.5 Å². The van der Waals surface area contributed by atoms with Crippen molar-refractivity contribution in [1.29, 1.82) is 0 Å². The first kappa shape index (κ1) is 11.4. The van der Waals surface area contributed by atoms with E-state index >= 15 is 0 Å². The lowest BCUT2D eigenvalue weighted by molar-refractivity contribution is 1.38.